The summed E-state index contributed by atoms with van der Waals surface area (Å²) >= 11 is 18.9. The quantitative estimate of drug-likeness (QED) is 0.179. The van der Waals surface area contributed by atoms with E-state index in [0.29, 0.717) is 27.4 Å². The van der Waals surface area contributed by atoms with E-state index in [2.05, 4.69) is 56.5 Å². The lowest BCUT2D eigenvalue weighted by Gasteiger charge is -2.16. The smallest absolute Gasteiger partial charge is 0.260 e. The molecule has 1 N–H and O–H groups in total. The van der Waals surface area contributed by atoms with Crippen molar-refractivity contribution in [1.29, 1.82) is 0 Å². The molecule has 4 aromatic rings. The highest BCUT2D eigenvalue weighted by atomic mass is 79.9. The number of nitrogens with one attached hydrogen (secondary N) is 1. The molecule has 0 fully saturated rings. The van der Waals surface area contributed by atoms with Gasteiger partial charge in [0.05, 0.1) is 10.0 Å². The first-order valence-electron chi connectivity index (χ1n) is 10.5. The lowest BCUT2D eigenvalue weighted by Crippen LogP contribution is -2.24. The van der Waals surface area contributed by atoms with Gasteiger partial charge in [0.25, 0.3) is 11.1 Å². The summed E-state index contributed by atoms with van der Waals surface area (Å²) in [7, 11) is -1.11. The Labute approximate surface area is 225 Å². The fraction of sp³-hybridized carbons (Fsp3) is 0.250. The summed E-state index contributed by atoms with van der Waals surface area (Å²) in [6.07, 6.45) is 3.14. The molecule has 180 valence electrons. The number of benzene rings is 2. The Bertz CT molecular complexity index is 1450. The fourth-order valence-corrected chi connectivity index (χ4v) is 5.12. The van der Waals surface area contributed by atoms with Gasteiger partial charge in [-0.15, -0.1) is 0 Å². The minimum Gasteiger partial charge on any atom is -0.361 e. The Balaban J connectivity index is 0.000000212. The second kappa shape index (κ2) is 11.5. The molecular weight excluding hydrogens is 623 g/mol. The Kier molecular flexibility index (Phi) is 9.22. The summed E-state index contributed by atoms with van der Waals surface area (Å²) in [5.41, 5.74) is -0.193. The molecule has 0 aliphatic heterocycles. The van der Waals surface area contributed by atoms with Crippen molar-refractivity contribution in [2.45, 2.75) is 32.4 Å². The first-order valence-corrected chi connectivity index (χ1v) is 16.5. The van der Waals surface area contributed by atoms with Crippen molar-refractivity contribution < 1.29 is 4.74 Å². The van der Waals surface area contributed by atoms with Gasteiger partial charge in [0.1, 0.15) is 6.73 Å². The molecule has 0 saturated heterocycles. The van der Waals surface area contributed by atoms with Crippen LogP contribution in [0.2, 0.25) is 35.7 Å². The van der Waals surface area contributed by atoms with E-state index < -0.39 is 8.07 Å². The summed E-state index contributed by atoms with van der Waals surface area (Å²) in [5.74, 6) is 0. The van der Waals surface area contributed by atoms with E-state index in [1.165, 1.54) is 10.8 Å². The highest BCUT2D eigenvalue weighted by Crippen LogP contribution is 2.25. The van der Waals surface area contributed by atoms with Crippen LogP contribution in [0.25, 0.3) is 21.5 Å². The molecule has 2 aromatic carbocycles. The van der Waals surface area contributed by atoms with Gasteiger partial charge < -0.3 is 9.72 Å². The molecular formula is C24H24Br2Cl2N2O3Si. The first kappa shape index (κ1) is 27.2. The number of halogens is 4. The largest absolute Gasteiger partial charge is 0.361 e. The van der Waals surface area contributed by atoms with Crippen molar-refractivity contribution in [2.75, 3.05) is 6.61 Å². The van der Waals surface area contributed by atoms with Crippen LogP contribution in [0.5, 0.6) is 0 Å². The Hall–Kier alpha value is -1.42. The molecule has 0 spiro atoms. The molecule has 2 aromatic heterocycles. The number of aromatic nitrogens is 2. The van der Waals surface area contributed by atoms with Gasteiger partial charge >= 0.3 is 0 Å². The second-order valence-corrected chi connectivity index (χ2v) is 17.2. The molecule has 0 bridgehead atoms. The van der Waals surface area contributed by atoms with Crippen LogP contribution in [0.15, 0.2) is 67.3 Å². The number of pyridine rings is 2. The Morgan fingerprint density at radius 2 is 1.50 bits per heavy atom. The van der Waals surface area contributed by atoms with Crippen molar-refractivity contribution in [2.24, 2.45) is 0 Å². The normalized spacial score (nSPS) is 11.5. The van der Waals surface area contributed by atoms with E-state index in [9.17, 15) is 9.59 Å². The SMILES string of the molecule is C[Si](C)(C)CCOCn1cc(Cl)c2cc(Br)ccc2c1=O.O=c1[nH]cc(Cl)c2cc(Br)ccc12. The summed E-state index contributed by atoms with van der Waals surface area (Å²) < 4.78 is 8.98. The fourth-order valence-electron chi connectivity index (χ4n) is 3.15. The van der Waals surface area contributed by atoms with E-state index >= 15 is 0 Å². The average molecular weight is 647 g/mol. The Morgan fingerprint density at radius 3 is 2.12 bits per heavy atom. The van der Waals surface area contributed by atoms with E-state index in [0.717, 1.165) is 25.8 Å². The van der Waals surface area contributed by atoms with Gasteiger partial charge in [-0.25, -0.2) is 0 Å². The molecule has 0 atom stereocenters. The number of hydrogen-bond acceptors (Lipinski definition) is 3. The molecule has 0 unspecified atom stereocenters. The monoisotopic (exact) mass is 644 g/mol. The van der Waals surface area contributed by atoms with Gasteiger partial charge in [-0.2, -0.15) is 0 Å². The maximum Gasteiger partial charge on any atom is 0.260 e. The van der Waals surface area contributed by atoms with Gasteiger partial charge in [0.2, 0.25) is 0 Å². The lowest BCUT2D eigenvalue weighted by atomic mass is 10.2. The van der Waals surface area contributed by atoms with Crippen LogP contribution >= 0.6 is 55.1 Å². The summed E-state index contributed by atoms with van der Waals surface area (Å²) in [6, 6.07) is 11.9. The van der Waals surface area contributed by atoms with Crippen LogP contribution in [0, 0.1) is 0 Å². The van der Waals surface area contributed by atoms with Crippen molar-refractivity contribution in [3.8, 4) is 0 Å². The number of nitrogens with zero attached hydrogens (tertiary/aromatic N) is 1. The third-order valence-electron chi connectivity index (χ3n) is 5.04. The molecule has 0 radical (unpaired) electrons. The summed E-state index contributed by atoms with van der Waals surface area (Å²) in [4.78, 5) is 26.3. The van der Waals surface area contributed by atoms with Crippen LogP contribution in [0.3, 0.4) is 0 Å². The van der Waals surface area contributed by atoms with E-state index in [4.69, 9.17) is 27.9 Å². The zero-order valence-electron chi connectivity index (χ0n) is 18.9. The van der Waals surface area contributed by atoms with Gasteiger partial charge in [-0.05, 0) is 42.4 Å². The molecule has 0 aliphatic rings. The van der Waals surface area contributed by atoms with Gasteiger partial charge in [0.15, 0.2) is 0 Å². The number of fused-ring (bicyclic) bond motifs is 2. The first-order chi connectivity index (χ1) is 16.0. The summed E-state index contributed by atoms with van der Waals surface area (Å²) in [6.45, 7) is 7.82. The van der Waals surface area contributed by atoms with Crippen molar-refractivity contribution in [3.63, 3.8) is 0 Å². The highest BCUT2D eigenvalue weighted by molar-refractivity contribution is 9.10. The van der Waals surface area contributed by atoms with Crippen LogP contribution in [-0.4, -0.2) is 24.2 Å². The van der Waals surface area contributed by atoms with Crippen LogP contribution in [0.1, 0.15) is 0 Å². The van der Waals surface area contributed by atoms with Gasteiger partial charge in [0, 0.05) is 57.6 Å². The number of hydrogen-bond donors (Lipinski definition) is 1. The van der Waals surface area contributed by atoms with Crippen molar-refractivity contribution >= 4 is 84.7 Å². The minimum absolute atomic E-state index is 0.0742. The topological polar surface area (TPSA) is 64.1 Å². The zero-order valence-corrected chi connectivity index (χ0v) is 24.6. The van der Waals surface area contributed by atoms with E-state index in [-0.39, 0.29) is 17.8 Å². The van der Waals surface area contributed by atoms with Crippen molar-refractivity contribution in [3.05, 3.63) is 88.5 Å². The standard InChI is InChI=1S/C15H19BrClNO2Si.C9H5BrClNO/c1-21(2,3)7-6-20-10-18-9-14(17)13-8-11(16)4-5-12(13)15(18)19;10-5-1-2-6-7(3-5)8(11)4-12-9(6)13/h4-5,8-9H,6-7,10H2,1-3H3;1-4H,(H,12,13). The molecule has 0 saturated carbocycles. The molecule has 5 nitrogen and oxygen atoms in total. The molecule has 0 aliphatic carbocycles. The third-order valence-corrected chi connectivity index (χ3v) is 8.34. The molecule has 34 heavy (non-hydrogen) atoms. The van der Waals surface area contributed by atoms with E-state index in [1.54, 1.807) is 18.3 Å². The maximum absolute atomic E-state index is 12.4. The average Bonchev–Trinajstić information content (AvgIpc) is 2.77. The zero-order chi connectivity index (χ0) is 25.0. The molecule has 4 rings (SSSR count). The third kappa shape index (κ3) is 7.05. The molecule has 10 heteroatoms. The molecule has 2 heterocycles. The lowest BCUT2D eigenvalue weighted by molar-refractivity contribution is 0.0851. The second-order valence-electron chi connectivity index (χ2n) is 8.95. The Morgan fingerprint density at radius 1 is 0.912 bits per heavy atom. The van der Waals surface area contributed by atoms with Crippen molar-refractivity contribution in [1.82, 2.24) is 9.55 Å². The predicted molar refractivity (Wildman–Crippen MR) is 152 cm³/mol. The maximum atomic E-state index is 12.4. The van der Waals surface area contributed by atoms with Gasteiger partial charge in [-0.3, -0.25) is 14.2 Å². The van der Waals surface area contributed by atoms with Gasteiger partial charge in [-0.1, -0.05) is 74.7 Å². The number of H-pyrrole nitrogens is 1. The van der Waals surface area contributed by atoms with Crippen LogP contribution in [-0.2, 0) is 11.5 Å². The molecule has 0 amide bonds. The number of aromatic amines is 1. The predicted octanol–water partition coefficient (Wildman–Crippen LogP) is 7.67. The summed E-state index contributed by atoms with van der Waals surface area (Å²) in [5, 5.41) is 3.85. The van der Waals surface area contributed by atoms with Crippen LogP contribution < -0.4 is 11.1 Å². The minimum atomic E-state index is -1.11. The number of rotatable bonds is 5. The van der Waals surface area contributed by atoms with Crippen LogP contribution in [0.4, 0.5) is 0 Å². The highest BCUT2D eigenvalue weighted by Gasteiger charge is 2.13. The van der Waals surface area contributed by atoms with E-state index in [1.807, 2.05) is 24.3 Å². The number of ether oxygens (including phenoxy) is 1.